The number of hydrogen-bond donors (Lipinski definition) is 1. The second-order valence-electron chi connectivity index (χ2n) is 5.25. The molecule has 1 saturated heterocycles. The zero-order valence-electron chi connectivity index (χ0n) is 12.2. The smallest absolute Gasteiger partial charge is 0.234 e. The number of likely N-dealkylation sites (N-methyl/N-ethyl adjacent to an activating group) is 1. The molecule has 1 aromatic rings. The number of hydrogen-bond acceptors (Lipinski definition) is 3. The highest BCUT2D eigenvalue weighted by Crippen LogP contribution is 2.12. The summed E-state index contributed by atoms with van der Waals surface area (Å²) in [4.78, 5) is 15.8. The highest BCUT2D eigenvalue weighted by Gasteiger charge is 2.19. The van der Waals surface area contributed by atoms with Crippen molar-refractivity contribution in [1.29, 1.82) is 0 Å². The minimum absolute atomic E-state index is 0.0477. The molecule has 4 nitrogen and oxygen atoms in total. The normalized spacial score (nSPS) is 16.9. The first-order valence-electron chi connectivity index (χ1n) is 7.24. The molecule has 0 bridgehead atoms. The van der Waals surface area contributed by atoms with Crippen molar-refractivity contribution < 1.29 is 13.6 Å². The number of carbonyl (C=O) groups is 1. The van der Waals surface area contributed by atoms with Crippen LogP contribution in [0.25, 0.3) is 0 Å². The van der Waals surface area contributed by atoms with Crippen LogP contribution < -0.4 is 5.32 Å². The minimum Gasteiger partial charge on any atom is -0.355 e. The van der Waals surface area contributed by atoms with Gasteiger partial charge in [-0.15, -0.1) is 0 Å². The molecule has 0 atom stereocenters. The lowest BCUT2D eigenvalue weighted by Crippen LogP contribution is -2.49. The van der Waals surface area contributed by atoms with Crippen LogP contribution in [-0.2, 0) is 11.3 Å². The Morgan fingerprint density at radius 1 is 1.14 bits per heavy atom. The molecule has 21 heavy (non-hydrogen) atoms. The Morgan fingerprint density at radius 2 is 1.81 bits per heavy atom. The van der Waals surface area contributed by atoms with Crippen molar-refractivity contribution in [2.24, 2.45) is 0 Å². The third-order valence-electron chi connectivity index (χ3n) is 3.60. The average molecular weight is 297 g/mol. The molecule has 0 saturated carbocycles. The number of nitrogens with one attached hydrogen (secondary N) is 1. The van der Waals surface area contributed by atoms with Crippen molar-refractivity contribution in [3.63, 3.8) is 0 Å². The molecule has 6 heteroatoms. The van der Waals surface area contributed by atoms with E-state index in [0.717, 1.165) is 37.8 Å². The fraction of sp³-hybridized carbons (Fsp3) is 0.533. The molecule has 0 unspecified atom stereocenters. The van der Waals surface area contributed by atoms with Crippen LogP contribution in [-0.4, -0.2) is 55.0 Å². The van der Waals surface area contributed by atoms with Crippen LogP contribution in [0.15, 0.2) is 18.2 Å². The summed E-state index contributed by atoms with van der Waals surface area (Å²) < 4.78 is 26.0. The summed E-state index contributed by atoms with van der Waals surface area (Å²) in [6.07, 6.45) is 0. The van der Waals surface area contributed by atoms with Gasteiger partial charge in [0.15, 0.2) is 11.6 Å². The maximum Gasteiger partial charge on any atom is 0.234 e. The predicted molar refractivity (Wildman–Crippen MR) is 76.8 cm³/mol. The first-order chi connectivity index (χ1) is 10.1. The van der Waals surface area contributed by atoms with Crippen molar-refractivity contribution >= 4 is 5.91 Å². The maximum atomic E-state index is 13.2. The molecule has 1 fully saturated rings. The summed E-state index contributed by atoms with van der Waals surface area (Å²) in [5.74, 6) is -1.57. The SMILES string of the molecule is CCNC(=O)CN1CCN(Cc2ccc(F)c(F)c2)CC1. The van der Waals surface area contributed by atoms with E-state index >= 15 is 0 Å². The Bertz CT molecular complexity index is 488. The molecule has 1 aliphatic rings. The maximum absolute atomic E-state index is 13.2. The highest BCUT2D eigenvalue weighted by atomic mass is 19.2. The van der Waals surface area contributed by atoms with Crippen LogP contribution in [0.2, 0.25) is 0 Å². The first-order valence-corrected chi connectivity index (χ1v) is 7.24. The van der Waals surface area contributed by atoms with Gasteiger partial charge in [-0.2, -0.15) is 0 Å². The zero-order chi connectivity index (χ0) is 15.2. The molecule has 0 aliphatic carbocycles. The fourth-order valence-electron chi connectivity index (χ4n) is 2.46. The van der Waals surface area contributed by atoms with E-state index in [1.54, 1.807) is 6.07 Å². The quantitative estimate of drug-likeness (QED) is 0.887. The topological polar surface area (TPSA) is 35.6 Å². The monoisotopic (exact) mass is 297 g/mol. The van der Waals surface area contributed by atoms with Crippen LogP contribution >= 0.6 is 0 Å². The number of carbonyl (C=O) groups excluding carboxylic acids is 1. The van der Waals surface area contributed by atoms with Gasteiger partial charge in [0, 0.05) is 39.3 Å². The minimum atomic E-state index is -0.814. The molecule has 1 aliphatic heterocycles. The second kappa shape index (κ2) is 7.47. The van der Waals surface area contributed by atoms with Gasteiger partial charge in [-0.3, -0.25) is 14.6 Å². The molecule has 1 amide bonds. The van der Waals surface area contributed by atoms with Crippen LogP contribution in [0.5, 0.6) is 0 Å². The summed E-state index contributed by atoms with van der Waals surface area (Å²) >= 11 is 0. The summed E-state index contributed by atoms with van der Waals surface area (Å²) in [6, 6.07) is 4.02. The molecular weight excluding hydrogens is 276 g/mol. The van der Waals surface area contributed by atoms with Gasteiger partial charge in [0.25, 0.3) is 0 Å². The first kappa shape index (κ1) is 15.9. The van der Waals surface area contributed by atoms with Gasteiger partial charge in [-0.05, 0) is 24.6 Å². The Balaban J connectivity index is 1.78. The van der Waals surface area contributed by atoms with E-state index in [9.17, 15) is 13.6 Å². The summed E-state index contributed by atoms with van der Waals surface area (Å²) in [6.45, 7) is 6.82. The van der Waals surface area contributed by atoms with E-state index < -0.39 is 11.6 Å². The van der Waals surface area contributed by atoms with Gasteiger partial charge in [0.05, 0.1) is 6.54 Å². The Morgan fingerprint density at radius 3 is 2.43 bits per heavy atom. The number of nitrogens with zero attached hydrogens (tertiary/aromatic N) is 2. The van der Waals surface area contributed by atoms with Gasteiger partial charge >= 0.3 is 0 Å². The average Bonchev–Trinajstić information content (AvgIpc) is 2.45. The molecule has 1 heterocycles. The number of rotatable bonds is 5. The van der Waals surface area contributed by atoms with Crippen LogP contribution in [0.1, 0.15) is 12.5 Å². The third-order valence-corrected chi connectivity index (χ3v) is 3.60. The van der Waals surface area contributed by atoms with E-state index in [1.807, 2.05) is 6.92 Å². The van der Waals surface area contributed by atoms with E-state index in [2.05, 4.69) is 15.1 Å². The number of benzene rings is 1. The second-order valence-corrected chi connectivity index (χ2v) is 5.25. The van der Waals surface area contributed by atoms with Gasteiger partial charge < -0.3 is 5.32 Å². The Labute approximate surface area is 123 Å². The van der Waals surface area contributed by atoms with E-state index in [-0.39, 0.29) is 5.91 Å². The van der Waals surface area contributed by atoms with Crippen LogP contribution in [0.3, 0.4) is 0 Å². The standard InChI is InChI=1S/C15H21F2N3O/c1-2-18-15(21)11-20-7-5-19(6-8-20)10-12-3-4-13(16)14(17)9-12/h3-4,9H,2,5-8,10-11H2,1H3,(H,18,21). The lowest BCUT2D eigenvalue weighted by molar-refractivity contribution is -0.122. The van der Waals surface area contributed by atoms with Crippen molar-refractivity contribution in [2.45, 2.75) is 13.5 Å². The third kappa shape index (κ3) is 4.75. The highest BCUT2D eigenvalue weighted by molar-refractivity contribution is 5.77. The lowest BCUT2D eigenvalue weighted by atomic mass is 10.2. The van der Waals surface area contributed by atoms with E-state index in [0.29, 0.717) is 19.6 Å². The fourth-order valence-corrected chi connectivity index (χ4v) is 2.46. The van der Waals surface area contributed by atoms with Crippen molar-refractivity contribution in [3.8, 4) is 0 Å². The van der Waals surface area contributed by atoms with Crippen molar-refractivity contribution in [2.75, 3.05) is 39.3 Å². The summed E-state index contributed by atoms with van der Waals surface area (Å²) in [5.41, 5.74) is 0.770. The predicted octanol–water partition coefficient (Wildman–Crippen LogP) is 1.22. The summed E-state index contributed by atoms with van der Waals surface area (Å²) in [7, 11) is 0. The Hall–Kier alpha value is -1.53. The Kier molecular flexibility index (Phi) is 5.64. The van der Waals surface area contributed by atoms with Gasteiger partial charge in [0.1, 0.15) is 0 Å². The van der Waals surface area contributed by atoms with Gasteiger partial charge in [0.2, 0.25) is 5.91 Å². The molecule has 0 radical (unpaired) electrons. The van der Waals surface area contributed by atoms with E-state index in [4.69, 9.17) is 0 Å². The molecule has 1 aromatic carbocycles. The van der Waals surface area contributed by atoms with Crippen LogP contribution in [0, 0.1) is 11.6 Å². The van der Waals surface area contributed by atoms with Gasteiger partial charge in [-0.25, -0.2) is 8.78 Å². The molecule has 0 aromatic heterocycles. The molecular formula is C15H21F2N3O. The molecule has 116 valence electrons. The van der Waals surface area contributed by atoms with Crippen LogP contribution in [0.4, 0.5) is 8.78 Å². The molecule has 1 N–H and O–H groups in total. The van der Waals surface area contributed by atoms with Gasteiger partial charge in [-0.1, -0.05) is 6.07 Å². The largest absolute Gasteiger partial charge is 0.355 e. The molecule has 0 spiro atoms. The lowest BCUT2D eigenvalue weighted by Gasteiger charge is -2.34. The van der Waals surface area contributed by atoms with Crippen molar-refractivity contribution in [1.82, 2.24) is 15.1 Å². The zero-order valence-corrected chi connectivity index (χ0v) is 12.2. The van der Waals surface area contributed by atoms with E-state index in [1.165, 1.54) is 6.07 Å². The van der Waals surface area contributed by atoms with Crippen molar-refractivity contribution in [3.05, 3.63) is 35.4 Å². The summed E-state index contributed by atoms with van der Waals surface area (Å²) in [5, 5.41) is 2.78. The molecule has 2 rings (SSSR count). The number of piperazine rings is 1. The number of halogens is 2. The number of amides is 1.